The van der Waals surface area contributed by atoms with Crippen LogP contribution in [0.3, 0.4) is 0 Å². The number of hydrogen-bond donors (Lipinski definition) is 2. The van der Waals surface area contributed by atoms with Crippen LogP contribution < -0.4 is 5.32 Å². The number of rotatable bonds is 4. The van der Waals surface area contributed by atoms with Crippen molar-refractivity contribution >= 4 is 10.9 Å². The van der Waals surface area contributed by atoms with Crippen molar-refractivity contribution in [1.82, 2.24) is 20.1 Å². The van der Waals surface area contributed by atoms with E-state index in [1.165, 1.54) is 22.0 Å². The van der Waals surface area contributed by atoms with Gasteiger partial charge in [0, 0.05) is 43.6 Å². The monoisotopic (exact) mass is 240 g/mol. The molecule has 0 unspecified atom stereocenters. The Hall–Kier alpha value is -2.07. The average molecular weight is 240 g/mol. The molecule has 4 heteroatoms. The maximum atomic E-state index is 4.15. The number of hydrogen-bond acceptors (Lipinski definition) is 2. The third-order valence-electron chi connectivity index (χ3n) is 3.03. The van der Waals surface area contributed by atoms with E-state index in [0.717, 1.165) is 13.1 Å². The molecule has 2 heterocycles. The number of benzene rings is 1. The lowest BCUT2D eigenvalue weighted by Gasteiger charge is -2.03. The molecule has 0 amide bonds. The van der Waals surface area contributed by atoms with Gasteiger partial charge in [-0.3, -0.25) is 4.68 Å². The molecule has 92 valence electrons. The van der Waals surface area contributed by atoms with E-state index in [0.29, 0.717) is 0 Å². The Kier molecular flexibility index (Phi) is 2.86. The normalized spacial score (nSPS) is 11.2. The Morgan fingerprint density at radius 2 is 2.11 bits per heavy atom. The van der Waals surface area contributed by atoms with Gasteiger partial charge in [0.25, 0.3) is 0 Å². The quantitative estimate of drug-likeness (QED) is 0.734. The van der Waals surface area contributed by atoms with Crippen molar-refractivity contribution in [2.75, 3.05) is 0 Å². The van der Waals surface area contributed by atoms with Gasteiger partial charge in [0.1, 0.15) is 0 Å². The predicted molar refractivity (Wildman–Crippen MR) is 72.1 cm³/mol. The molecule has 18 heavy (non-hydrogen) atoms. The van der Waals surface area contributed by atoms with Gasteiger partial charge in [0.15, 0.2) is 0 Å². The first-order chi connectivity index (χ1) is 8.81. The lowest BCUT2D eigenvalue weighted by atomic mass is 10.1. The number of nitrogens with zero attached hydrogens (tertiary/aromatic N) is 2. The Bertz CT molecular complexity index is 650. The number of aromatic amines is 1. The number of aryl methyl sites for hydroxylation is 1. The van der Waals surface area contributed by atoms with E-state index in [1.54, 1.807) is 0 Å². The summed E-state index contributed by atoms with van der Waals surface area (Å²) in [4.78, 5) is 3.20. The molecule has 2 aromatic heterocycles. The average Bonchev–Trinajstić information content (AvgIpc) is 2.97. The Morgan fingerprint density at radius 3 is 2.94 bits per heavy atom. The highest BCUT2D eigenvalue weighted by Crippen LogP contribution is 2.14. The SMILES string of the molecule is Cn1cc(CNCc2ccc3[nH]ccc3c2)cn1. The summed E-state index contributed by atoms with van der Waals surface area (Å²) < 4.78 is 1.82. The standard InChI is InChI=1S/C14H16N4/c1-18-10-12(9-17-18)8-15-7-11-2-3-14-13(6-11)4-5-16-14/h2-6,9-10,15-16H,7-8H2,1H3. The van der Waals surface area contributed by atoms with Crippen LogP contribution in [0.5, 0.6) is 0 Å². The van der Waals surface area contributed by atoms with E-state index in [-0.39, 0.29) is 0 Å². The summed E-state index contributed by atoms with van der Waals surface area (Å²) >= 11 is 0. The molecule has 1 aromatic carbocycles. The van der Waals surface area contributed by atoms with E-state index in [4.69, 9.17) is 0 Å². The van der Waals surface area contributed by atoms with Crippen LogP contribution in [0.15, 0.2) is 42.9 Å². The Labute approximate surface area is 106 Å². The zero-order valence-corrected chi connectivity index (χ0v) is 10.4. The van der Waals surface area contributed by atoms with Crippen LogP contribution >= 0.6 is 0 Å². The third kappa shape index (κ3) is 2.28. The van der Waals surface area contributed by atoms with Gasteiger partial charge in [-0.25, -0.2) is 0 Å². The summed E-state index contributed by atoms with van der Waals surface area (Å²) in [6, 6.07) is 8.58. The van der Waals surface area contributed by atoms with Crippen molar-refractivity contribution in [3.63, 3.8) is 0 Å². The topological polar surface area (TPSA) is 45.6 Å². The maximum Gasteiger partial charge on any atom is 0.0534 e. The Balaban J connectivity index is 1.62. The van der Waals surface area contributed by atoms with Crippen LogP contribution in [0, 0.1) is 0 Å². The van der Waals surface area contributed by atoms with Crippen molar-refractivity contribution in [1.29, 1.82) is 0 Å². The van der Waals surface area contributed by atoms with E-state index < -0.39 is 0 Å². The second-order valence-electron chi connectivity index (χ2n) is 4.53. The maximum absolute atomic E-state index is 4.15. The van der Waals surface area contributed by atoms with E-state index in [9.17, 15) is 0 Å². The van der Waals surface area contributed by atoms with Gasteiger partial charge < -0.3 is 10.3 Å². The first-order valence-corrected chi connectivity index (χ1v) is 6.05. The molecule has 3 rings (SSSR count). The van der Waals surface area contributed by atoms with Gasteiger partial charge in [-0.2, -0.15) is 5.10 Å². The highest BCUT2D eigenvalue weighted by Gasteiger charge is 1.98. The molecule has 0 bridgehead atoms. The van der Waals surface area contributed by atoms with Crippen LogP contribution in [-0.2, 0) is 20.1 Å². The first-order valence-electron chi connectivity index (χ1n) is 6.05. The minimum Gasteiger partial charge on any atom is -0.361 e. The van der Waals surface area contributed by atoms with Crippen molar-refractivity contribution in [2.45, 2.75) is 13.1 Å². The molecule has 0 saturated heterocycles. The largest absolute Gasteiger partial charge is 0.361 e. The fourth-order valence-electron chi connectivity index (χ4n) is 2.13. The second-order valence-corrected chi connectivity index (χ2v) is 4.53. The van der Waals surface area contributed by atoms with Crippen LogP contribution in [0.4, 0.5) is 0 Å². The molecule has 0 spiro atoms. The van der Waals surface area contributed by atoms with Crippen molar-refractivity contribution in [2.24, 2.45) is 7.05 Å². The van der Waals surface area contributed by atoms with Gasteiger partial charge in [-0.15, -0.1) is 0 Å². The molecule has 0 aliphatic rings. The molecular formula is C14H16N4. The summed E-state index contributed by atoms with van der Waals surface area (Å²) in [7, 11) is 1.93. The van der Waals surface area contributed by atoms with Crippen molar-refractivity contribution in [3.8, 4) is 0 Å². The number of H-pyrrole nitrogens is 1. The van der Waals surface area contributed by atoms with Crippen LogP contribution in [0.2, 0.25) is 0 Å². The van der Waals surface area contributed by atoms with E-state index in [1.807, 2.05) is 30.3 Å². The second kappa shape index (κ2) is 4.66. The van der Waals surface area contributed by atoms with Gasteiger partial charge in [-0.1, -0.05) is 6.07 Å². The van der Waals surface area contributed by atoms with Gasteiger partial charge in [-0.05, 0) is 29.1 Å². The van der Waals surface area contributed by atoms with Gasteiger partial charge in [0.05, 0.1) is 6.20 Å². The van der Waals surface area contributed by atoms with E-state index >= 15 is 0 Å². The number of aromatic nitrogens is 3. The zero-order chi connectivity index (χ0) is 12.4. The van der Waals surface area contributed by atoms with Gasteiger partial charge in [0.2, 0.25) is 0 Å². The fourth-order valence-corrected chi connectivity index (χ4v) is 2.13. The molecule has 3 aromatic rings. The summed E-state index contributed by atoms with van der Waals surface area (Å²) in [5.41, 5.74) is 3.69. The molecule has 4 nitrogen and oxygen atoms in total. The Morgan fingerprint density at radius 1 is 1.22 bits per heavy atom. The zero-order valence-electron chi connectivity index (χ0n) is 10.4. The highest BCUT2D eigenvalue weighted by atomic mass is 15.2. The smallest absolute Gasteiger partial charge is 0.0534 e. The first kappa shape index (κ1) is 11.0. The van der Waals surface area contributed by atoms with Gasteiger partial charge >= 0.3 is 0 Å². The van der Waals surface area contributed by atoms with Crippen molar-refractivity contribution < 1.29 is 0 Å². The minimum atomic E-state index is 0.846. The third-order valence-corrected chi connectivity index (χ3v) is 3.03. The predicted octanol–water partition coefficient (Wildman–Crippen LogP) is 2.19. The van der Waals surface area contributed by atoms with E-state index in [2.05, 4.69) is 39.7 Å². The number of fused-ring (bicyclic) bond motifs is 1. The summed E-state index contributed by atoms with van der Waals surface area (Å²) in [5, 5.41) is 8.83. The number of nitrogens with one attached hydrogen (secondary N) is 2. The molecule has 0 radical (unpaired) electrons. The lowest BCUT2D eigenvalue weighted by Crippen LogP contribution is -2.12. The summed E-state index contributed by atoms with van der Waals surface area (Å²) in [6.07, 6.45) is 5.89. The molecule has 0 fully saturated rings. The summed E-state index contributed by atoms with van der Waals surface area (Å²) in [5.74, 6) is 0. The highest BCUT2D eigenvalue weighted by molar-refractivity contribution is 5.79. The summed E-state index contributed by atoms with van der Waals surface area (Å²) in [6.45, 7) is 1.72. The van der Waals surface area contributed by atoms with Crippen LogP contribution in [-0.4, -0.2) is 14.8 Å². The molecular weight excluding hydrogens is 224 g/mol. The fraction of sp³-hybridized carbons (Fsp3) is 0.214. The lowest BCUT2D eigenvalue weighted by molar-refractivity contribution is 0.692. The minimum absolute atomic E-state index is 0.846. The van der Waals surface area contributed by atoms with Crippen molar-refractivity contribution in [3.05, 3.63) is 54.0 Å². The molecule has 0 atom stereocenters. The van der Waals surface area contributed by atoms with Crippen LogP contribution in [0.1, 0.15) is 11.1 Å². The molecule has 0 aliphatic carbocycles. The molecule has 2 N–H and O–H groups in total. The molecule has 0 saturated carbocycles. The molecule has 0 aliphatic heterocycles. The van der Waals surface area contributed by atoms with Crippen LogP contribution in [0.25, 0.3) is 10.9 Å².